The van der Waals surface area contributed by atoms with Crippen LogP contribution in [-0.4, -0.2) is 25.9 Å². The minimum absolute atomic E-state index is 0.211. The van der Waals surface area contributed by atoms with Crippen LogP contribution in [0.4, 0.5) is 0 Å². The lowest BCUT2D eigenvalue weighted by Crippen LogP contribution is -2.22. The number of aromatic nitrogens is 4. The highest BCUT2D eigenvalue weighted by Crippen LogP contribution is 2.14. The van der Waals surface area contributed by atoms with Crippen LogP contribution in [0.5, 0.6) is 0 Å². The summed E-state index contributed by atoms with van der Waals surface area (Å²) in [4.78, 5) is 12.1. The van der Waals surface area contributed by atoms with Crippen LogP contribution in [0.15, 0.2) is 42.7 Å². The summed E-state index contributed by atoms with van der Waals surface area (Å²) < 4.78 is 1.74. The Morgan fingerprint density at radius 3 is 2.75 bits per heavy atom. The van der Waals surface area contributed by atoms with Crippen LogP contribution < -0.4 is 5.32 Å². The van der Waals surface area contributed by atoms with E-state index in [4.69, 9.17) is 11.6 Å². The maximum atomic E-state index is 12.1. The molecule has 0 atom stereocenters. The zero-order valence-corrected chi connectivity index (χ0v) is 14.2. The molecular formula is C17H18ClN5O. The molecule has 24 heavy (non-hydrogen) atoms. The largest absolute Gasteiger partial charge is 0.346 e. The number of nitrogens with one attached hydrogen (secondary N) is 2. The van der Waals surface area contributed by atoms with Crippen molar-refractivity contribution >= 4 is 17.5 Å². The minimum atomic E-state index is -0.211. The van der Waals surface area contributed by atoms with Crippen LogP contribution in [-0.2, 0) is 6.54 Å². The Morgan fingerprint density at radius 2 is 2.08 bits per heavy atom. The quantitative estimate of drug-likeness (QED) is 0.746. The van der Waals surface area contributed by atoms with E-state index >= 15 is 0 Å². The van der Waals surface area contributed by atoms with Crippen LogP contribution in [0.3, 0.4) is 0 Å². The van der Waals surface area contributed by atoms with Gasteiger partial charge in [0.05, 0.1) is 11.9 Å². The summed E-state index contributed by atoms with van der Waals surface area (Å²) >= 11 is 5.88. The summed E-state index contributed by atoms with van der Waals surface area (Å²) in [5.41, 5.74) is 3.14. The number of H-pyrrole nitrogens is 1. The molecule has 0 fully saturated rings. The molecule has 0 aliphatic carbocycles. The highest BCUT2D eigenvalue weighted by molar-refractivity contribution is 6.30. The molecule has 124 valence electrons. The third kappa shape index (κ3) is 3.65. The van der Waals surface area contributed by atoms with E-state index in [0.29, 0.717) is 23.2 Å². The Kier molecular flexibility index (Phi) is 4.66. The highest BCUT2D eigenvalue weighted by Gasteiger charge is 2.12. The zero-order valence-electron chi connectivity index (χ0n) is 13.5. The molecule has 0 bridgehead atoms. The third-order valence-electron chi connectivity index (χ3n) is 3.63. The van der Waals surface area contributed by atoms with Crippen molar-refractivity contribution in [3.8, 4) is 5.69 Å². The van der Waals surface area contributed by atoms with E-state index in [-0.39, 0.29) is 5.91 Å². The molecule has 0 spiro atoms. The average molecular weight is 344 g/mol. The van der Waals surface area contributed by atoms with Gasteiger partial charge in [0.25, 0.3) is 5.91 Å². The van der Waals surface area contributed by atoms with Crippen molar-refractivity contribution < 1.29 is 4.79 Å². The molecule has 3 aromatic rings. The minimum Gasteiger partial charge on any atom is -0.346 e. The molecule has 0 saturated carbocycles. The van der Waals surface area contributed by atoms with Crippen LogP contribution >= 0.6 is 11.6 Å². The fourth-order valence-electron chi connectivity index (χ4n) is 2.21. The van der Waals surface area contributed by atoms with Gasteiger partial charge in [-0.3, -0.25) is 9.89 Å². The number of aromatic amines is 1. The predicted molar refractivity (Wildman–Crippen MR) is 92.4 cm³/mol. The summed E-state index contributed by atoms with van der Waals surface area (Å²) in [7, 11) is 0. The van der Waals surface area contributed by atoms with Gasteiger partial charge in [-0.15, -0.1) is 0 Å². The zero-order chi connectivity index (χ0) is 17.1. The Bertz CT molecular complexity index is 835. The lowest BCUT2D eigenvalue weighted by atomic mass is 10.1. The van der Waals surface area contributed by atoms with Crippen LogP contribution in [0.2, 0.25) is 5.02 Å². The molecule has 2 heterocycles. The smallest absolute Gasteiger partial charge is 0.272 e. The molecule has 7 heteroatoms. The van der Waals surface area contributed by atoms with Gasteiger partial charge in [-0.2, -0.15) is 10.2 Å². The molecular weight excluding hydrogens is 326 g/mol. The normalized spacial score (nSPS) is 11.0. The molecule has 6 nitrogen and oxygen atoms in total. The second-order valence-corrected chi connectivity index (χ2v) is 6.25. The first kappa shape index (κ1) is 16.3. The van der Waals surface area contributed by atoms with Crippen molar-refractivity contribution in [1.29, 1.82) is 0 Å². The first-order valence-electron chi connectivity index (χ1n) is 7.66. The first-order chi connectivity index (χ1) is 11.5. The number of hydrogen-bond donors (Lipinski definition) is 2. The highest BCUT2D eigenvalue weighted by atomic mass is 35.5. The number of rotatable bonds is 5. The lowest BCUT2D eigenvalue weighted by Gasteiger charge is -2.01. The van der Waals surface area contributed by atoms with E-state index < -0.39 is 0 Å². The fraction of sp³-hybridized carbons (Fsp3) is 0.235. The van der Waals surface area contributed by atoms with Gasteiger partial charge in [0.1, 0.15) is 5.69 Å². The fourth-order valence-corrected chi connectivity index (χ4v) is 2.33. The number of carbonyl (C=O) groups is 1. The monoisotopic (exact) mass is 343 g/mol. The maximum absolute atomic E-state index is 12.1. The maximum Gasteiger partial charge on any atom is 0.272 e. The van der Waals surface area contributed by atoms with Crippen molar-refractivity contribution in [3.05, 3.63) is 64.7 Å². The summed E-state index contributed by atoms with van der Waals surface area (Å²) in [5.74, 6) is 0.0917. The van der Waals surface area contributed by atoms with E-state index in [0.717, 1.165) is 16.9 Å². The summed E-state index contributed by atoms with van der Waals surface area (Å²) in [6, 6.07) is 9.16. The Morgan fingerprint density at radius 1 is 1.33 bits per heavy atom. The van der Waals surface area contributed by atoms with Crippen molar-refractivity contribution in [2.45, 2.75) is 26.3 Å². The average Bonchev–Trinajstić information content (AvgIpc) is 3.23. The third-order valence-corrected chi connectivity index (χ3v) is 3.88. The number of amides is 1. The number of carbonyl (C=O) groups excluding carboxylic acids is 1. The Hall–Kier alpha value is -2.60. The van der Waals surface area contributed by atoms with Gasteiger partial charge in [0.2, 0.25) is 0 Å². The van der Waals surface area contributed by atoms with Gasteiger partial charge >= 0.3 is 0 Å². The van der Waals surface area contributed by atoms with Crippen LogP contribution in [0, 0.1) is 0 Å². The van der Waals surface area contributed by atoms with E-state index in [9.17, 15) is 4.79 Å². The number of halogens is 1. The Labute approximate surface area is 144 Å². The van der Waals surface area contributed by atoms with E-state index in [1.807, 2.05) is 44.3 Å². The number of hydrogen-bond acceptors (Lipinski definition) is 3. The number of nitrogens with zero attached hydrogens (tertiary/aromatic N) is 3. The van der Waals surface area contributed by atoms with Gasteiger partial charge in [-0.25, -0.2) is 4.68 Å². The number of benzene rings is 1. The van der Waals surface area contributed by atoms with Gasteiger partial charge in [0, 0.05) is 29.0 Å². The second kappa shape index (κ2) is 6.88. The Balaban J connectivity index is 1.62. The molecule has 0 saturated heterocycles. The van der Waals surface area contributed by atoms with Crippen LogP contribution in [0.1, 0.15) is 41.5 Å². The van der Waals surface area contributed by atoms with Gasteiger partial charge in [0.15, 0.2) is 0 Å². The molecule has 2 aromatic heterocycles. The lowest BCUT2D eigenvalue weighted by molar-refractivity contribution is 0.0946. The van der Waals surface area contributed by atoms with Crippen molar-refractivity contribution in [3.63, 3.8) is 0 Å². The van der Waals surface area contributed by atoms with Gasteiger partial charge in [-0.1, -0.05) is 25.4 Å². The van der Waals surface area contributed by atoms with Crippen molar-refractivity contribution in [1.82, 2.24) is 25.3 Å². The van der Waals surface area contributed by atoms with E-state index in [1.165, 1.54) is 0 Å². The molecule has 0 aliphatic rings. The summed E-state index contributed by atoms with van der Waals surface area (Å²) in [6.07, 6.45) is 3.59. The molecule has 0 unspecified atom stereocenters. The standard InChI is InChI=1S/C17H18ClN5O/c1-11(2)15-7-16(22-21-15)17(24)19-8-12-9-20-23(10-12)14-5-3-13(18)4-6-14/h3-7,9-11H,8H2,1-2H3,(H,19,24)(H,21,22). The summed E-state index contributed by atoms with van der Waals surface area (Å²) in [5, 5.41) is 14.7. The second-order valence-electron chi connectivity index (χ2n) is 5.82. The first-order valence-corrected chi connectivity index (χ1v) is 8.03. The molecule has 1 aromatic carbocycles. The topological polar surface area (TPSA) is 75.6 Å². The molecule has 2 N–H and O–H groups in total. The molecule has 0 aliphatic heterocycles. The van der Waals surface area contributed by atoms with E-state index in [2.05, 4.69) is 20.6 Å². The van der Waals surface area contributed by atoms with Gasteiger partial charge < -0.3 is 5.32 Å². The molecule has 0 radical (unpaired) electrons. The SMILES string of the molecule is CC(C)c1cc(C(=O)NCc2cnn(-c3ccc(Cl)cc3)c2)n[nH]1. The predicted octanol–water partition coefficient (Wildman–Crippen LogP) is 3.30. The summed E-state index contributed by atoms with van der Waals surface area (Å²) in [6.45, 7) is 4.47. The van der Waals surface area contributed by atoms with Crippen molar-refractivity contribution in [2.75, 3.05) is 0 Å². The van der Waals surface area contributed by atoms with Crippen molar-refractivity contribution in [2.24, 2.45) is 0 Å². The van der Waals surface area contributed by atoms with Crippen LogP contribution in [0.25, 0.3) is 5.69 Å². The van der Waals surface area contributed by atoms with E-state index in [1.54, 1.807) is 16.9 Å². The molecule has 1 amide bonds. The molecule has 3 rings (SSSR count). The van der Waals surface area contributed by atoms with Gasteiger partial charge in [-0.05, 0) is 36.2 Å².